The number of nitro groups is 1. The summed E-state index contributed by atoms with van der Waals surface area (Å²) in [6.07, 6.45) is 0. The summed E-state index contributed by atoms with van der Waals surface area (Å²) in [5, 5.41) is 22.9. The monoisotopic (exact) mass is 273 g/mol. The number of thiophene rings is 1. The molecule has 0 spiro atoms. The topological polar surface area (TPSA) is 79.0 Å². The van der Waals surface area contributed by atoms with Gasteiger partial charge in [-0.3, -0.25) is 10.1 Å². The summed E-state index contributed by atoms with van der Waals surface area (Å²) in [5.74, 6) is 0. The number of nitrogens with zero attached hydrogens (tertiary/aromatic N) is 2. The van der Waals surface area contributed by atoms with E-state index in [0.29, 0.717) is 12.1 Å². The average molecular weight is 273 g/mol. The van der Waals surface area contributed by atoms with Gasteiger partial charge in [-0.25, -0.2) is 0 Å². The van der Waals surface area contributed by atoms with Gasteiger partial charge in [0, 0.05) is 17.5 Å². The normalized spacial score (nSPS) is 9.89. The molecule has 0 saturated carbocycles. The third-order valence-corrected chi connectivity index (χ3v) is 3.70. The highest BCUT2D eigenvalue weighted by Gasteiger charge is 2.10. The molecule has 2 aromatic rings. The van der Waals surface area contributed by atoms with Crippen LogP contribution in [0.1, 0.15) is 16.0 Å². The molecule has 0 radical (unpaired) electrons. The standard InChI is InChI=1S/C13H11N3O2S/c1-9-3-2-4-12(11(9)7-14)15-8-10-5-6-13(19-10)16(17)18/h2-6,15H,8H2,1H3. The smallest absolute Gasteiger partial charge is 0.324 e. The fraction of sp³-hybridized carbons (Fsp3) is 0.154. The number of hydrogen-bond donors (Lipinski definition) is 1. The second-order valence-electron chi connectivity index (χ2n) is 3.96. The minimum Gasteiger partial charge on any atom is -0.379 e. The van der Waals surface area contributed by atoms with Gasteiger partial charge in [-0.2, -0.15) is 5.26 Å². The third kappa shape index (κ3) is 2.89. The van der Waals surface area contributed by atoms with Gasteiger partial charge in [-0.05, 0) is 24.6 Å². The minimum atomic E-state index is -0.401. The summed E-state index contributed by atoms with van der Waals surface area (Å²) in [5.41, 5.74) is 2.26. The van der Waals surface area contributed by atoms with Crippen LogP contribution < -0.4 is 5.32 Å². The molecule has 1 heterocycles. The molecule has 1 aromatic carbocycles. The van der Waals surface area contributed by atoms with Crippen LogP contribution in [0.25, 0.3) is 0 Å². The largest absolute Gasteiger partial charge is 0.379 e. The molecule has 0 aliphatic rings. The molecule has 2 rings (SSSR count). The van der Waals surface area contributed by atoms with Gasteiger partial charge >= 0.3 is 5.00 Å². The van der Waals surface area contributed by atoms with E-state index in [0.717, 1.165) is 27.5 Å². The first-order valence-corrected chi connectivity index (χ1v) is 6.40. The summed E-state index contributed by atoms with van der Waals surface area (Å²) >= 11 is 1.13. The van der Waals surface area contributed by atoms with Crippen LogP contribution in [0.5, 0.6) is 0 Å². The molecule has 5 nitrogen and oxygen atoms in total. The Hall–Kier alpha value is -2.39. The van der Waals surface area contributed by atoms with Crippen molar-refractivity contribution in [2.24, 2.45) is 0 Å². The van der Waals surface area contributed by atoms with Crippen LogP contribution in [0.4, 0.5) is 10.7 Å². The van der Waals surface area contributed by atoms with Crippen LogP contribution in [0, 0.1) is 28.4 Å². The Kier molecular flexibility index (Phi) is 3.78. The highest BCUT2D eigenvalue weighted by Crippen LogP contribution is 2.25. The van der Waals surface area contributed by atoms with E-state index >= 15 is 0 Å². The van der Waals surface area contributed by atoms with Crippen LogP contribution in [0.3, 0.4) is 0 Å². The Balaban J connectivity index is 2.12. The van der Waals surface area contributed by atoms with Gasteiger partial charge in [-0.15, -0.1) is 0 Å². The van der Waals surface area contributed by atoms with Crippen molar-refractivity contribution >= 4 is 22.0 Å². The number of hydrogen-bond acceptors (Lipinski definition) is 5. The van der Waals surface area contributed by atoms with E-state index in [9.17, 15) is 10.1 Å². The molecule has 0 atom stereocenters. The second-order valence-corrected chi connectivity index (χ2v) is 5.11. The SMILES string of the molecule is Cc1cccc(NCc2ccc([N+](=O)[O-])s2)c1C#N. The molecule has 19 heavy (non-hydrogen) atoms. The van der Waals surface area contributed by atoms with Crippen molar-refractivity contribution in [1.29, 1.82) is 5.26 Å². The molecule has 0 unspecified atom stereocenters. The first kappa shape index (κ1) is 13.1. The van der Waals surface area contributed by atoms with E-state index in [4.69, 9.17) is 5.26 Å². The first-order chi connectivity index (χ1) is 9.11. The zero-order valence-corrected chi connectivity index (χ0v) is 11.0. The van der Waals surface area contributed by atoms with Crippen LogP contribution >= 0.6 is 11.3 Å². The summed E-state index contributed by atoms with van der Waals surface area (Å²) in [4.78, 5) is 11.0. The summed E-state index contributed by atoms with van der Waals surface area (Å²) in [6.45, 7) is 2.34. The van der Waals surface area contributed by atoms with Crippen molar-refractivity contribution in [3.8, 4) is 6.07 Å². The van der Waals surface area contributed by atoms with Crippen LogP contribution in [0.2, 0.25) is 0 Å². The third-order valence-electron chi connectivity index (χ3n) is 2.67. The maximum absolute atomic E-state index is 10.6. The van der Waals surface area contributed by atoms with Gasteiger partial charge in [0.05, 0.1) is 16.2 Å². The van der Waals surface area contributed by atoms with Gasteiger partial charge in [-0.1, -0.05) is 23.5 Å². The molecule has 6 heteroatoms. The molecular weight excluding hydrogens is 262 g/mol. The molecule has 1 N–H and O–H groups in total. The maximum Gasteiger partial charge on any atom is 0.324 e. The summed E-state index contributed by atoms with van der Waals surface area (Å²) in [7, 11) is 0. The van der Waals surface area contributed by atoms with E-state index < -0.39 is 4.92 Å². The van der Waals surface area contributed by atoms with Crippen LogP contribution in [-0.2, 0) is 6.54 Å². The lowest BCUT2D eigenvalue weighted by Gasteiger charge is -2.08. The molecule has 0 aliphatic carbocycles. The van der Waals surface area contributed by atoms with Crippen molar-refractivity contribution in [2.45, 2.75) is 13.5 Å². The van der Waals surface area contributed by atoms with E-state index in [-0.39, 0.29) is 5.00 Å². The number of aryl methyl sites for hydroxylation is 1. The van der Waals surface area contributed by atoms with E-state index in [1.807, 2.05) is 25.1 Å². The van der Waals surface area contributed by atoms with E-state index in [1.165, 1.54) is 6.07 Å². The average Bonchev–Trinajstić information content (AvgIpc) is 2.85. The van der Waals surface area contributed by atoms with Crippen molar-refractivity contribution < 1.29 is 4.92 Å². The van der Waals surface area contributed by atoms with Crippen LogP contribution in [-0.4, -0.2) is 4.92 Å². The van der Waals surface area contributed by atoms with Gasteiger partial charge in [0.2, 0.25) is 0 Å². The Labute approximate surface area is 114 Å². The number of nitrogens with one attached hydrogen (secondary N) is 1. The second kappa shape index (κ2) is 5.50. The zero-order valence-electron chi connectivity index (χ0n) is 10.2. The highest BCUT2D eigenvalue weighted by molar-refractivity contribution is 7.15. The van der Waals surface area contributed by atoms with Crippen molar-refractivity contribution in [3.05, 3.63) is 56.5 Å². The quantitative estimate of drug-likeness (QED) is 0.683. The van der Waals surface area contributed by atoms with Gasteiger partial charge in [0.25, 0.3) is 0 Å². The van der Waals surface area contributed by atoms with E-state index in [1.54, 1.807) is 6.07 Å². The Morgan fingerprint density at radius 1 is 1.42 bits per heavy atom. The molecule has 96 valence electrons. The fourth-order valence-electron chi connectivity index (χ4n) is 1.71. The lowest BCUT2D eigenvalue weighted by molar-refractivity contribution is -0.380. The van der Waals surface area contributed by atoms with Crippen molar-refractivity contribution in [1.82, 2.24) is 0 Å². The lowest BCUT2D eigenvalue weighted by Crippen LogP contribution is -2.00. The number of anilines is 1. The van der Waals surface area contributed by atoms with Gasteiger partial charge in [0.1, 0.15) is 6.07 Å². The summed E-state index contributed by atoms with van der Waals surface area (Å²) < 4.78 is 0. The summed E-state index contributed by atoms with van der Waals surface area (Å²) in [6, 6.07) is 10.9. The van der Waals surface area contributed by atoms with Gasteiger partial charge in [0.15, 0.2) is 0 Å². The number of rotatable bonds is 4. The van der Waals surface area contributed by atoms with Crippen molar-refractivity contribution in [2.75, 3.05) is 5.32 Å². The van der Waals surface area contributed by atoms with E-state index in [2.05, 4.69) is 11.4 Å². The first-order valence-electron chi connectivity index (χ1n) is 5.58. The predicted octanol–water partition coefficient (Wildman–Crippen LogP) is 3.45. The Bertz CT molecular complexity index is 658. The van der Waals surface area contributed by atoms with Crippen LogP contribution in [0.15, 0.2) is 30.3 Å². The zero-order chi connectivity index (χ0) is 13.8. The lowest BCUT2D eigenvalue weighted by atomic mass is 10.1. The number of benzene rings is 1. The molecule has 0 bridgehead atoms. The fourth-order valence-corrected chi connectivity index (χ4v) is 2.47. The Morgan fingerprint density at radius 3 is 2.84 bits per heavy atom. The van der Waals surface area contributed by atoms with Crippen molar-refractivity contribution in [3.63, 3.8) is 0 Å². The number of nitriles is 1. The molecular formula is C13H11N3O2S. The molecule has 0 saturated heterocycles. The molecule has 0 aliphatic heterocycles. The predicted molar refractivity (Wildman–Crippen MR) is 74.2 cm³/mol. The van der Waals surface area contributed by atoms with Gasteiger partial charge < -0.3 is 5.32 Å². The molecule has 0 amide bonds. The molecule has 1 aromatic heterocycles. The minimum absolute atomic E-state index is 0.126. The maximum atomic E-state index is 10.6. The Morgan fingerprint density at radius 2 is 2.21 bits per heavy atom. The highest BCUT2D eigenvalue weighted by atomic mass is 32.1. The molecule has 0 fully saturated rings.